The van der Waals surface area contributed by atoms with Gasteiger partial charge in [-0.25, -0.2) is 4.98 Å². The Labute approximate surface area is 129 Å². The van der Waals surface area contributed by atoms with Crippen molar-refractivity contribution in [2.24, 2.45) is 18.7 Å². The van der Waals surface area contributed by atoms with Crippen LogP contribution >= 0.6 is 0 Å². The van der Waals surface area contributed by atoms with Crippen molar-refractivity contribution >= 4 is 11.6 Å². The molecule has 0 radical (unpaired) electrons. The Kier molecular flexibility index (Phi) is 3.94. The number of aromatic nitrogens is 3. The number of nitrogens with one attached hydrogen (secondary N) is 1. The second-order valence-corrected chi connectivity index (χ2v) is 5.91. The van der Waals surface area contributed by atoms with Crippen LogP contribution in [0.5, 0.6) is 0 Å². The van der Waals surface area contributed by atoms with Crippen LogP contribution in [0.2, 0.25) is 0 Å². The number of pyridine rings is 1. The predicted octanol–water partition coefficient (Wildman–Crippen LogP) is 2.24. The third kappa shape index (κ3) is 2.74. The van der Waals surface area contributed by atoms with Gasteiger partial charge in [0.15, 0.2) is 0 Å². The molecule has 3 heterocycles. The molecule has 3 rings (SSSR count). The SMILES string of the molecule is C[C@@H]1CCC[C@@H](N)c2cccc(n2)-c2c(cnn2C)NC1=O. The molecule has 22 heavy (non-hydrogen) atoms. The molecule has 0 spiro atoms. The van der Waals surface area contributed by atoms with Gasteiger partial charge >= 0.3 is 0 Å². The van der Waals surface area contributed by atoms with Crippen LogP contribution in [0.1, 0.15) is 37.9 Å². The molecule has 2 atom stereocenters. The number of nitrogens with zero attached hydrogens (tertiary/aromatic N) is 3. The molecular weight excluding hydrogens is 278 g/mol. The summed E-state index contributed by atoms with van der Waals surface area (Å²) >= 11 is 0. The highest BCUT2D eigenvalue weighted by molar-refractivity contribution is 5.95. The van der Waals surface area contributed by atoms with Crippen LogP contribution in [0.15, 0.2) is 24.4 Å². The van der Waals surface area contributed by atoms with Crippen molar-refractivity contribution in [3.8, 4) is 11.4 Å². The molecule has 1 aliphatic rings. The van der Waals surface area contributed by atoms with Gasteiger partial charge in [-0.3, -0.25) is 9.48 Å². The first-order chi connectivity index (χ1) is 10.6. The fourth-order valence-corrected chi connectivity index (χ4v) is 2.80. The van der Waals surface area contributed by atoms with Crippen LogP contribution in [-0.4, -0.2) is 20.7 Å². The summed E-state index contributed by atoms with van der Waals surface area (Å²) in [6, 6.07) is 5.71. The normalized spacial score (nSPS) is 22.2. The van der Waals surface area contributed by atoms with Gasteiger partial charge in [-0.15, -0.1) is 0 Å². The van der Waals surface area contributed by atoms with E-state index in [0.717, 1.165) is 36.3 Å². The van der Waals surface area contributed by atoms with Gasteiger partial charge in [0.2, 0.25) is 5.91 Å². The van der Waals surface area contributed by atoms with Crippen molar-refractivity contribution in [3.63, 3.8) is 0 Å². The molecule has 2 bridgehead atoms. The Bertz CT molecular complexity index is 694. The maximum atomic E-state index is 12.3. The molecule has 6 nitrogen and oxygen atoms in total. The van der Waals surface area contributed by atoms with Gasteiger partial charge in [0.05, 0.1) is 23.3 Å². The lowest BCUT2D eigenvalue weighted by Gasteiger charge is -2.17. The van der Waals surface area contributed by atoms with Gasteiger partial charge in [-0.1, -0.05) is 19.4 Å². The van der Waals surface area contributed by atoms with Gasteiger partial charge in [0.1, 0.15) is 5.69 Å². The Morgan fingerprint density at radius 2 is 2.18 bits per heavy atom. The lowest BCUT2D eigenvalue weighted by atomic mass is 9.98. The third-order valence-electron chi connectivity index (χ3n) is 4.19. The van der Waals surface area contributed by atoms with Gasteiger partial charge < -0.3 is 11.1 Å². The van der Waals surface area contributed by atoms with E-state index in [0.29, 0.717) is 5.69 Å². The van der Waals surface area contributed by atoms with E-state index in [4.69, 9.17) is 5.73 Å². The van der Waals surface area contributed by atoms with Crippen molar-refractivity contribution in [2.45, 2.75) is 32.2 Å². The molecule has 1 aliphatic heterocycles. The van der Waals surface area contributed by atoms with Crippen molar-refractivity contribution in [2.75, 3.05) is 5.32 Å². The molecule has 0 fully saturated rings. The summed E-state index contributed by atoms with van der Waals surface area (Å²) < 4.78 is 1.73. The first-order valence-corrected chi connectivity index (χ1v) is 7.62. The maximum Gasteiger partial charge on any atom is 0.227 e. The monoisotopic (exact) mass is 299 g/mol. The highest BCUT2D eigenvalue weighted by Crippen LogP contribution is 2.29. The van der Waals surface area contributed by atoms with Crippen LogP contribution < -0.4 is 11.1 Å². The van der Waals surface area contributed by atoms with Crippen molar-refractivity contribution in [1.29, 1.82) is 0 Å². The summed E-state index contributed by atoms with van der Waals surface area (Å²) in [6.45, 7) is 1.94. The van der Waals surface area contributed by atoms with E-state index in [1.807, 2.05) is 32.2 Å². The van der Waals surface area contributed by atoms with E-state index in [9.17, 15) is 4.79 Å². The van der Waals surface area contributed by atoms with Crippen molar-refractivity contribution in [3.05, 3.63) is 30.1 Å². The number of hydrogen-bond donors (Lipinski definition) is 2. The zero-order valence-corrected chi connectivity index (χ0v) is 12.9. The lowest BCUT2D eigenvalue weighted by molar-refractivity contribution is -0.119. The second kappa shape index (κ2) is 5.88. The lowest BCUT2D eigenvalue weighted by Crippen LogP contribution is -2.22. The maximum absolute atomic E-state index is 12.3. The Morgan fingerprint density at radius 3 is 3.00 bits per heavy atom. The summed E-state index contributed by atoms with van der Waals surface area (Å²) in [4.78, 5) is 17.0. The summed E-state index contributed by atoms with van der Waals surface area (Å²) in [5.74, 6) is -0.0365. The van der Waals surface area contributed by atoms with Crippen LogP contribution in [0.3, 0.4) is 0 Å². The number of nitrogens with two attached hydrogens (primary N) is 1. The van der Waals surface area contributed by atoms with E-state index < -0.39 is 0 Å². The highest BCUT2D eigenvalue weighted by atomic mass is 16.1. The molecule has 2 aromatic heterocycles. The van der Waals surface area contributed by atoms with Gasteiger partial charge in [0.25, 0.3) is 0 Å². The number of aryl methyl sites for hydroxylation is 1. The van der Waals surface area contributed by atoms with Gasteiger partial charge in [-0.2, -0.15) is 5.10 Å². The minimum atomic E-state index is -0.105. The van der Waals surface area contributed by atoms with Crippen LogP contribution in [0.4, 0.5) is 5.69 Å². The molecule has 6 heteroatoms. The molecule has 2 aromatic rings. The molecular formula is C16H21N5O. The Morgan fingerprint density at radius 1 is 1.36 bits per heavy atom. The number of carbonyl (C=O) groups excluding carboxylic acids is 1. The minimum Gasteiger partial charge on any atom is -0.323 e. The third-order valence-corrected chi connectivity index (χ3v) is 4.19. The van der Waals surface area contributed by atoms with Crippen LogP contribution in [-0.2, 0) is 11.8 Å². The molecule has 0 unspecified atom stereocenters. The molecule has 0 saturated heterocycles. The van der Waals surface area contributed by atoms with Crippen LogP contribution in [0, 0.1) is 5.92 Å². The Balaban J connectivity index is 2.10. The smallest absolute Gasteiger partial charge is 0.227 e. The van der Waals surface area contributed by atoms with E-state index in [2.05, 4.69) is 15.4 Å². The van der Waals surface area contributed by atoms with Crippen molar-refractivity contribution < 1.29 is 4.79 Å². The first-order valence-electron chi connectivity index (χ1n) is 7.62. The summed E-state index contributed by atoms with van der Waals surface area (Å²) in [6.07, 6.45) is 4.21. The second-order valence-electron chi connectivity index (χ2n) is 5.91. The molecule has 116 valence electrons. The predicted molar refractivity (Wildman–Crippen MR) is 85.0 cm³/mol. The number of fused-ring (bicyclic) bond motifs is 4. The average molecular weight is 299 g/mol. The molecule has 0 saturated carbocycles. The van der Waals surface area contributed by atoms with E-state index in [1.165, 1.54) is 0 Å². The number of rotatable bonds is 0. The highest BCUT2D eigenvalue weighted by Gasteiger charge is 2.20. The summed E-state index contributed by atoms with van der Waals surface area (Å²) in [5.41, 5.74) is 9.39. The topological polar surface area (TPSA) is 85.8 Å². The van der Waals surface area contributed by atoms with E-state index in [1.54, 1.807) is 10.9 Å². The minimum absolute atomic E-state index is 0.0135. The van der Waals surface area contributed by atoms with E-state index in [-0.39, 0.29) is 17.9 Å². The zero-order valence-electron chi connectivity index (χ0n) is 12.9. The van der Waals surface area contributed by atoms with Gasteiger partial charge in [0, 0.05) is 19.0 Å². The standard InChI is InChI=1S/C16H21N5O/c1-10-5-3-6-11(17)12-7-4-8-13(19-12)15-14(20-16(10)22)9-18-21(15)2/h4,7-11H,3,5-6,17H2,1-2H3,(H,20,22)/t10-,11-/m1/s1. The summed E-state index contributed by atoms with van der Waals surface area (Å²) in [7, 11) is 1.84. The number of carbonyl (C=O) groups is 1. The zero-order chi connectivity index (χ0) is 15.7. The first kappa shape index (κ1) is 14.7. The van der Waals surface area contributed by atoms with Crippen molar-refractivity contribution in [1.82, 2.24) is 14.8 Å². The number of anilines is 1. The van der Waals surface area contributed by atoms with E-state index >= 15 is 0 Å². The molecule has 0 aromatic carbocycles. The molecule has 1 amide bonds. The number of amides is 1. The molecule has 3 N–H and O–H groups in total. The molecule has 0 aliphatic carbocycles. The number of hydrogen-bond acceptors (Lipinski definition) is 4. The fraction of sp³-hybridized carbons (Fsp3) is 0.438. The fourth-order valence-electron chi connectivity index (χ4n) is 2.80. The summed E-state index contributed by atoms with van der Waals surface area (Å²) in [5, 5.41) is 7.23. The quantitative estimate of drug-likeness (QED) is 0.781. The van der Waals surface area contributed by atoms with Gasteiger partial charge in [-0.05, 0) is 25.0 Å². The average Bonchev–Trinajstić information content (AvgIpc) is 2.87. The largest absolute Gasteiger partial charge is 0.323 e. The van der Waals surface area contributed by atoms with Crippen LogP contribution in [0.25, 0.3) is 11.4 Å². The Hall–Kier alpha value is -2.21.